The van der Waals surface area contributed by atoms with Crippen LogP contribution in [-0.2, 0) is 13.6 Å². The predicted molar refractivity (Wildman–Crippen MR) is 56.9 cm³/mol. The standard InChI is InChI=1S/C8H15N7/c1-6(2)4-10-8(9)11-5-7-12-14-15(3)13-7/h1,4-5H2,2-3H3,(H3,9,10,11). The molecule has 0 unspecified atom stereocenters. The van der Waals surface area contributed by atoms with Crippen molar-refractivity contribution in [2.75, 3.05) is 6.54 Å². The van der Waals surface area contributed by atoms with Gasteiger partial charge in [-0.2, -0.15) is 4.80 Å². The van der Waals surface area contributed by atoms with Crippen LogP contribution in [0.4, 0.5) is 0 Å². The van der Waals surface area contributed by atoms with Crippen molar-refractivity contribution >= 4 is 5.96 Å². The third-order valence-corrected chi connectivity index (χ3v) is 1.51. The molecule has 7 heteroatoms. The summed E-state index contributed by atoms with van der Waals surface area (Å²) in [5.74, 6) is 0.892. The Kier molecular flexibility index (Phi) is 3.78. The molecule has 1 aromatic heterocycles. The molecule has 82 valence electrons. The van der Waals surface area contributed by atoms with Gasteiger partial charge >= 0.3 is 0 Å². The number of hydrogen-bond acceptors (Lipinski definition) is 4. The molecule has 0 aromatic carbocycles. The number of aryl methyl sites for hydroxylation is 1. The van der Waals surface area contributed by atoms with E-state index in [2.05, 4.69) is 32.3 Å². The Morgan fingerprint density at radius 2 is 2.40 bits per heavy atom. The lowest BCUT2D eigenvalue weighted by molar-refractivity contribution is 0.627. The number of nitrogens with zero attached hydrogens (tertiary/aromatic N) is 5. The largest absolute Gasteiger partial charge is 0.370 e. The Balaban J connectivity index is 2.40. The summed E-state index contributed by atoms with van der Waals surface area (Å²) in [4.78, 5) is 5.42. The van der Waals surface area contributed by atoms with Crippen LogP contribution >= 0.6 is 0 Å². The molecule has 1 aromatic rings. The highest BCUT2D eigenvalue weighted by Crippen LogP contribution is 1.88. The summed E-state index contributed by atoms with van der Waals surface area (Å²) < 4.78 is 0. The minimum Gasteiger partial charge on any atom is -0.370 e. The minimum absolute atomic E-state index is 0.322. The van der Waals surface area contributed by atoms with Crippen LogP contribution < -0.4 is 11.1 Å². The quantitative estimate of drug-likeness (QED) is 0.384. The summed E-state index contributed by atoms with van der Waals surface area (Å²) in [6.45, 7) is 6.58. The van der Waals surface area contributed by atoms with E-state index in [-0.39, 0.29) is 0 Å². The highest BCUT2D eigenvalue weighted by molar-refractivity contribution is 5.77. The van der Waals surface area contributed by atoms with E-state index in [1.807, 2.05) is 6.92 Å². The fourth-order valence-corrected chi connectivity index (χ4v) is 0.840. The molecule has 0 aliphatic rings. The first-order valence-corrected chi connectivity index (χ1v) is 4.49. The minimum atomic E-state index is 0.322. The molecule has 3 N–H and O–H groups in total. The van der Waals surface area contributed by atoms with Crippen LogP contribution in [0.5, 0.6) is 0 Å². The average molecular weight is 209 g/mol. The van der Waals surface area contributed by atoms with Gasteiger partial charge < -0.3 is 11.1 Å². The van der Waals surface area contributed by atoms with Gasteiger partial charge in [-0.3, -0.25) is 0 Å². The van der Waals surface area contributed by atoms with Gasteiger partial charge in [-0.05, 0) is 12.1 Å². The summed E-state index contributed by atoms with van der Waals surface area (Å²) in [5.41, 5.74) is 6.58. The van der Waals surface area contributed by atoms with E-state index >= 15 is 0 Å². The zero-order valence-corrected chi connectivity index (χ0v) is 8.93. The first-order valence-electron chi connectivity index (χ1n) is 4.49. The van der Waals surface area contributed by atoms with Crippen LogP contribution in [0.1, 0.15) is 12.7 Å². The SMILES string of the molecule is C=C(C)CNC(N)=NCc1nnn(C)n1. The number of hydrogen-bond donors (Lipinski definition) is 2. The Morgan fingerprint density at radius 3 is 2.93 bits per heavy atom. The van der Waals surface area contributed by atoms with E-state index in [0.717, 1.165) is 5.57 Å². The van der Waals surface area contributed by atoms with Crippen LogP contribution in [0.2, 0.25) is 0 Å². The predicted octanol–water partition coefficient (Wildman–Crippen LogP) is -0.809. The maximum Gasteiger partial charge on any atom is 0.196 e. The molecule has 0 fully saturated rings. The van der Waals surface area contributed by atoms with Gasteiger partial charge in [0, 0.05) is 6.54 Å². The summed E-state index contributed by atoms with van der Waals surface area (Å²) in [6, 6.07) is 0. The van der Waals surface area contributed by atoms with Crippen molar-refractivity contribution in [1.29, 1.82) is 0 Å². The van der Waals surface area contributed by atoms with Crippen molar-refractivity contribution in [3.63, 3.8) is 0 Å². The normalized spacial score (nSPS) is 11.5. The van der Waals surface area contributed by atoms with E-state index in [1.54, 1.807) is 7.05 Å². The van der Waals surface area contributed by atoms with Crippen molar-refractivity contribution in [3.05, 3.63) is 18.0 Å². The molecule has 0 atom stereocenters. The second-order valence-corrected chi connectivity index (χ2v) is 3.21. The monoisotopic (exact) mass is 209 g/mol. The fraction of sp³-hybridized carbons (Fsp3) is 0.500. The zero-order valence-electron chi connectivity index (χ0n) is 8.93. The Hall–Kier alpha value is -1.92. The van der Waals surface area contributed by atoms with E-state index in [1.165, 1.54) is 4.80 Å². The van der Waals surface area contributed by atoms with E-state index in [4.69, 9.17) is 5.73 Å². The summed E-state index contributed by atoms with van der Waals surface area (Å²) >= 11 is 0. The molecule has 1 rings (SSSR count). The van der Waals surface area contributed by atoms with Crippen LogP contribution in [0.3, 0.4) is 0 Å². The number of rotatable bonds is 4. The van der Waals surface area contributed by atoms with Crippen LogP contribution in [0, 0.1) is 0 Å². The van der Waals surface area contributed by atoms with Gasteiger partial charge in [0.25, 0.3) is 0 Å². The molecule has 0 bridgehead atoms. The van der Waals surface area contributed by atoms with Gasteiger partial charge in [-0.25, -0.2) is 4.99 Å². The molecule has 0 radical (unpaired) electrons. The second-order valence-electron chi connectivity index (χ2n) is 3.21. The fourth-order valence-electron chi connectivity index (χ4n) is 0.840. The summed E-state index contributed by atoms with van der Waals surface area (Å²) in [6.07, 6.45) is 0. The maximum absolute atomic E-state index is 5.59. The number of nitrogens with two attached hydrogens (primary N) is 1. The van der Waals surface area contributed by atoms with Crippen molar-refractivity contribution in [1.82, 2.24) is 25.5 Å². The van der Waals surface area contributed by atoms with Crippen molar-refractivity contribution < 1.29 is 0 Å². The van der Waals surface area contributed by atoms with E-state index in [0.29, 0.717) is 24.9 Å². The molecular formula is C8H15N7. The smallest absolute Gasteiger partial charge is 0.196 e. The summed E-state index contributed by atoms with van der Waals surface area (Å²) in [5, 5.41) is 14.3. The third kappa shape index (κ3) is 4.21. The highest BCUT2D eigenvalue weighted by Gasteiger charge is 1.98. The lowest BCUT2D eigenvalue weighted by atomic mass is 10.3. The molecule has 0 aliphatic heterocycles. The van der Waals surface area contributed by atoms with Crippen molar-refractivity contribution in [3.8, 4) is 0 Å². The lowest BCUT2D eigenvalue weighted by Crippen LogP contribution is -2.32. The van der Waals surface area contributed by atoms with Gasteiger partial charge in [0.1, 0.15) is 6.54 Å². The number of aliphatic imine (C=N–C) groups is 1. The molecular weight excluding hydrogens is 194 g/mol. The number of guanidine groups is 1. The molecule has 0 spiro atoms. The van der Waals surface area contributed by atoms with Crippen molar-refractivity contribution in [2.45, 2.75) is 13.5 Å². The van der Waals surface area contributed by atoms with Gasteiger partial charge in [-0.15, -0.1) is 10.2 Å². The van der Waals surface area contributed by atoms with Crippen LogP contribution in [0.25, 0.3) is 0 Å². The molecule has 0 amide bonds. The summed E-state index contributed by atoms with van der Waals surface area (Å²) in [7, 11) is 1.70. The van der Waals surface area contributed by atoms with Crippen LogP contribution in [-0.4, -0.2) is 32.7 Å². The molecule has 0 aliphatic carbocycles. The first-order chi connectivity index (χ1) is 7.08. The molecule has 0 saturated heterocycles. The van der Waals surface area contributed by atoms with Gasteiger partial charge in [-0.1, -0.05) is 12.2 Å². The second kappa shape index (κ2) is 5.08. The Labute approximate surface area is 88.1 Å². The zero-order chi connectivity index (χ0) is 11.3. The average Bonchev–Trinajstić information content (AvgIpc) is 2.58. The number of nitrogens with one attached hydrogen (secondary N) is 1. The van der Waals surface area contributed by atoms with Gasteiger partial charge in [0.15, 0.2) is 11.8 Å². The number of tetrazole rings is 1. The maximum atomic E-state index is 5.59. The third-order valence-electron chi connectivity index (χ3n) is 1.51. The van der Waals surface area contributed by atoms with Gasteiger partial charge in [0.05, 0.1) is 7.05 Å². The molecule has 7 nitrogen and oxygen atoms in total. The van der Waals surface area contributed by atoms with Gasteiger partial charge in [0.2, 0.25) is 0 Å². The first kappa shape index (κ1) is 11.2. The molecule has 15 heavy (non-hydrogen) atoms. The molecule has 0 saturated carbocycles. The Bertz CT molecular complexity index is 365. The molecule has 1 heterocycles. The highest BCUT2D eigenvalue weighted by atomic mass is 15.6. The van der Waals surface area contributed by atoms with Crippen LogP contribution in [0.15, 0.2) is 17.1 Å². The van der Waals surface area contributed by atoms with E-state index < -0.39 is 0 Å². The topological polar surface area (TPSA) is 94.0 Å². The van der Waals surface area contributed by atoms with E-state index in [9.17, 15) is 0 Å². The van der Waals surface area contributed by atoms with Crippen molar-refractivity contribution in [2.24, 2.45) is 17.8 Å². The number of aromatic nitrogens is 4. The Morgan fingerprint density at radius 1 is 1.67 bits per heavy atom. The lowest BCUT2D eigenvalue weighted by Gasteiger charge is -2.03.